The van der Waals surface area contributed by atoms with Crippen LogP contribution in [0.3, 0.4) is 0 Å². The lowest BCUT2D eigenvalue weighted by atomic mass is 9.96. The van der Waals surface area contributed by atoms with Crippen molar-refractivity contribution in [3.63, 3.8) is 0 Å². The van der Waals surface area contributed by atoms with Crippen LogP contribution in [0.2, 0.25) is 0 Å². The lowest BCUT2D eigenvalue weighted by Gasteiger charge is -2.17. The number of carbonyl (C=O) groups is 1. The molecule has 0 saturated heterocycles. The number of amides is 1. The van der Waals surface area contributed by atoms with Gasteiger partial charge in [-0.2, -0.15) is 0 Å². The molecular weight excluding hydrogens is 532 g/mol. The van der Waals surface area contributed by atoms with Gasteiger partial charge in [-0.15, -0.1) is 0 Å². The number of aryl methyl sites for hydroxylation is 1. The number of hydrogen-bond donors (Lipinski definition) is 3. The molecular formula is C28H40N6O5S. The summed E-state index contributed by atoms with van der Waals surface area (Å²) in [6, 6.07) is 5.29. The highest BCUT2D eigenvalue weighted by atomic mass is 32.2. The minimum absolute atomic E-state index is 0.122. The molecule has 0 bridgehead atoms. The molecule has 0 aliphatic rings. The Labute approximate surface area is 236 Å². The maximum Gasteiger partial charge on any atom is 0.407 e. The monoisotopic (exact) mass is 572 g/mol. The Morgan fingerprint density at radius 1 is 1.12 bits per heavy atom. The highest BCUT2D eigenvalue weighted by Gasteiger charge is 2.25. The second-order valence-electron chi connectivity index (χ2n) is 11.0. The van der Waals surface area contributed by atoms with E-state index in [9.17, 15) is 13.2 Å². The zero-order valence-corrected chi connectivity index (χ0v) is 25.5. The van der Waals surface area contributed by atoms with Gasteiger partial charge in [-0.25, -0.2) is 28.2 Å². The molecule has 0 radical (unpaired) electrons. The number of carbonyl (C=O) groups excluding carboxylic acids is 1. The fourth-order valence-electron chi connectivity index (χ4n) is 3.87. The van der Waals surface area contributed by atoms with Crippen LogP contribution in [0.25, 0.3) is 22.6 Å². The van der Waals surface area contributed by atoms with Gasteiger partial charge in [0.25, 0.3) is 0 Å². The van der Waals surface area contributed by atoms with Crippen LogP contribution < -0.4 is 14.8 Å². The minimum Gasteiger partial charge on any atom is -0.496 e. The lowest BCUT2D eigenvalue weighted by molar-refractivity contribution is 0.167. The number of alkyl carbamates (subject to hydrolysis) is 1. The van der Waals surface area contributed by atoms with Gasteiger partial charge < -0.3 is 19.8 Å². The highest BCUT2D eigenvalue weighted by Crippen LogP contribution is 2.38. The molecule has 0 aliphatic carbocycles. The topological polar surface area (TPSA) is 148 Å². The summed E-state index contributed by atoms with van der Waals surface area (Å²) in [6.45, 7) is 13.1. The molecule has 3 rings (SSSR count). The van der Waals surface area contributed by atoms with Crippen molar-refractivity contribution in [2.45, 2.75) is 78.0 Å². The molecule has 1 atom stereocenters. The number of benzene rings is 1. The van der Waals surface area contributed by atoms with Gasteiger partial charge in [0.15, 0.2) is 0 Å². The first-order valence-electron chi connectivity index (χ1n) is 13.1. The van der Waals surface area contributed by atoms with Gasteiger partial charge >= 0.3 is 6.09 Å². The summed E-state index contributed by atoms with van der Waals surface area (Å²) >= 11 is 0. The van der Waals surface area contributed by atoms with Gasteiger partial charge in [-0.05, 0) is 52.3 Å². The Morgan fingerprint density at radius 3 is 2.42 bits per heavy atom. The van der Waals surface area contributed by atoms with Gasteiger partial charge in [-0.1, -0.05) is 20.8 Å². The van der Waals surface area contributed by atoms with E-state index < -0.39 is 21.4 Å². The number of nitrogens with one attached hydrogen (secondary N) is 3. The summed E-state index contributed by atoms with van der Waals surface area (Å²) in [4.78, 5) is 29.1. The van der Waals surface area contributed by atoms with Crippen LogP contribution in [-0.4, -0.2) is 60.0 Å². The quantitative estimate of drug-likeness (QED) is 0.308. The molecule has 1 aromatic carbocycles. The number of methoxy groups -OCH3 is 2. The van der Waals surface area contributed by atoms with E-state index in [1.54, 1.807) is 46.2 Å². The van der Waals surface area contributed by atoms with Crippen molar-refractivity contribution in [3.8, 4) is 28.4 Å². The maximum absolute atomic E-state index is 12.7. The molecule has 0 saturated carbocycles. The van der Waals surface area contributed by atoms with Gasteiger partial charge in [0, 0.05) is 35.2 Å². The molecule has 40 heavy (non-hydrogen) atoms. The van der Waals surface area contributed by atoms with Crippen LogP contribution in [0.4, 0.5) is 10.5 Å². The fourth-order valence-corrected chi connectivity index (χ4v) is 4.63. The Hall–Kier alpha value is -3.67. The number of imidazole rings is 1. The molecule has 11 nitrogen and oxygen atoms in total. The smallest absolute Gasteiger partial charge is 0.407 e. The van der Waals surface area contributed by atoms with Crippen LogP contribution in [-0.2, 0) is 26.6 Å². The molecule has 2 aromatic heterocycles. The summed E-state index contributed by atoms with van der Waals surface area (Å²) in [6.07, 6.45) is 2.36. The van der Waals surface area contributed by atoms with Crippen LogP contribution in [0.5, 0.6) is 5.75 Å². The Morgan fingerprint density at radius 2 is 1.82 bits per heavy atom. The average molecular weight is 573 g/mol. The van der Waals surface area contributed by atoms with Crippen molar-refractivity contribution in [1.29, 1.82) is 0 Å². The second-order valence-corrected chi connectivity index (χ2v) is 13.3. The molecule has 0 unspecified atom stereocenters. The molecule has 12 heteroatoms. The molecule has 1 amide bonds. The van der Waals surface area contributed by atoms with Gasteiger partial charge in [0.2, 0.25) is 10.0 Å². The number of aromatic amines is 1. The van der Waals surface area contributed by atoms with Crippen LogP contribution in [0.1, 0.15) is 65.2 Å². The number of rotatable bonds is 10. The lowest BCUT2D eigenvalue weighted by Crippen LogP contribution is -2.32. The standard InChI is InChI=1S/C28H40N6O5S/c1-16(2)40(36,37)34-21-14-19(15-22(38-8)18(21)4)24-25(33-26(32-24)28(5,6)7)20-12-13-29-23(31-20)11-10-17(3)30-27(35)39-9/h12-17,34H,10-11H2,1-9H3,(H,30,35)(H,32,33)/t17-/m0/s1. The summed E-state index contributed by atoms with van der Waals surface area (Å²) in [5.74, 6) is 1.89. The third-order valence-corrected chi connectivity index (χ3v) is 8.20. The van der Waals surface area contributed by atoms with E-state index in [1.807, 2.05) is 13.0 Å². The summed E-state index contributed by atoms with van der Waals surface area (Å²) in [5.41, 5.74) is 3.39. The van der Waals surface area contributed by atoms with Crippen LogP contribution in [0.15, 0.2) is 24.4 Å². The average Bonchev–Trinajstić information content (AvgIpc) is 3.35. The van der Waals surface area contributed by atoms with Crippen LogP contribution in [0, 0.1) is 6.92 Å². The van der Waals surface area contributed by atoms with Crippen molar-refractivity contribution in [1.82, 2.24) is 25.3 Å². The van der Waals surface area contributed by atoms with Gasteiger partial charge in [0.1, 0.15) is 17.4 Å². The van der Waals surface area contributed by atoms with Gasteiger partial charge in [0.05, 0.1) is 42.2 Å². The van der Waals surface area contributed by atoms with Crippen molar-refractivity contribution in [2.75, 3.05) is 18.9 Å². The van der Waals surface area contributed by atoms with E-state index in [-0.39, 0.29) is 11.5 Å². The minimum atomic E-state index is -3.59. The number of sulfonamides is 1. The SMILES string of the molecule is COC(=O)N[C@@H](C)CCc1nccc(-c2[nH]c(C(C)(C)C)nc2-c2cc(NS(=O)(=O)C(C)C)c(C)c(OC)c2)n1. The van der Waals surface area contributed by atoms with Crippen molar-refractivity contribution >= 4 is 21.8 Å². The van der Waals surface area contributed by atoms with Gasteiger partial charge in [-0.3, -0.25) is 4.72 Å². The fraction of sp³-hybridized carbons (Fsp3) is 0.500. The molecule has 3 N–H and O–H groups in total. The third kappa shape index (κ3) is 7.29. The number of anilines is 1. The number of H-pyrrole nitrogens is 1. The molecule has 3 aromatic rings. The van der Waals surface area contributed by atoms with Crippen molar-refractivity contribution < 1.29 is 22.7 Å². The van der Waals surface area contributed by atoms with E-state index in [0.29, 0.717) is 58.3 Å². The summed E-state index contributed by atoms with van der Waals surface area (Å²) < 4.78 is 38.4. The largest absolute Gasteiger partial charge is 0.496 e. The number of ether oxygens (including phenoxy) is 2. The number of aromatic nitrogens is 4. The van der Waals surface area contributed by atoms with Crippen molar-refractivity contribution in [3.05, 3.63) is 41.6 Å². The summed E-state index contributed by atoms with van der Waals surface area (Å²) in [7, 11) is -0.720. The highest BCUT2D eigenvalue weighted by molar-refractivity contribution is 7.93. The second kappa shape index (κ2) is 12.2. The first-order valence-corrected chi connectivity index (χ1v) is 14.7. The van der Waals surface area contributed by atoms with E-state index in [1.165, 1.54) is 7.11 Å². The number of hydrogen-bond acceptors (Lipinski definition) is 8. The third-order valence-electron chi connectivity index (χ3n) is 6.45. The van der Waals surface area contributed by atoms with E-state index >= 15 is 0 Å². The predicted molar refractivity (Wildman–Crippen MR) is 156 cm³/mol. The molecule has 0 spiro atoms. The molecule has 0 aliphatic heterocycles. The summed E-state index contributed by atoms with van der Waals surface area (Å²) in [5, 5.41) is 2.14. The van der Waals surface area contributed by atoms with Crippen LogP contribution >= 0.6 is 0 Å². The Bertz CT molecular complexity index is 1460. The molecule has 0 fully saturated rings. The first-order chi connectivity index (χ1) is 18.7. The maximum atomic E-state index is 12.7. The van der Waals surface area contributed by atoms with E-state index in [0.717, 1.165) is 5.82 Å². The van der Waals surface area contributed by atoms with E-state index in [4.69, 9.17) is 14.7 Å². The Kier molecular flexibility index (Phi) is 9.44. The van der Waals surface area contributed by atoms with E-state index in [2.05, 4.69) is 45.5 Å². The normalized spacial score (nSPS) is 12.8. The first kappa shape index (κ1) is 30.9. The number of nitrogens with zero attached hydrogens (tertiary/aromatic N) is 3. The molecule has 2 heterocycles. The van der Waals surface area contributed by atoms with Crippen molar-refractivity contribution in [2.24, 2.45) is 0 Å². The zero-order valence-electron chi connectivity index (χ0n) is 24.7. The zero-order chi connectivity index (χ0) is 29.8. The Balaban J connectivity index is 2.09. The molecule has 218 valence electrons. The predicted octanol–water partition coefficient (Wildman–Crippen LogP) is 4.98.